The summed E-state index contributed by atoms with van der Waals surface area (Å²) < 4.78 is 8.15. The van der Waals surface area contributed by atoms with E-state index in [1.165, 1.54) is 0 Å². The second kappa shape index (κ2) is 6.25. The van der Waals surface area contributed by atoms with Crippen LogP contribution in [0.1, 0.15) is 31.6 Å². The normalized spacial score (nSPS) is 29.8. The summed E-state index contributed by atoms with van der Waals surface area (Å²) in [6.45, 7) is 2.57. The first-order chi connectivity index (χ1) is 12.2. The Morgan fingerprint density at radius 2 is 2.40 bits per heavy atom. The Bertz CT molecular complexity index is 827. The number of allylic oxidation sites excluding steroid dienone is 6. The minimum absolute atomic E-state index is 0.0308. The van der Waals surface area contributed by atoms with Gasteiger partial charge in [0.05, 0.1) is 11.6 Å². The fourth-order valence-corrected chi connectivity index (χ4v) is 3.93. The predicted molar refractivity (Wildman–Crippen MR) is 91.8 cm³/mol. The van der Waals surface area contributed by atoms with Gasteiger partial charge in [0.25, 0.3) is 0 Å². The molecular weight excluding hydrogens is 316 g/mol. The number of amides is 1. The van der Waals surface area contributed by atoms with Crippen LogP contribution in [0.4, 0.5) is 0 Å². The minimum Gasteiger partial charge on any atom is -0.494 e. The van der Waals surface area contributed by atoms with E-state index in [-0.39, 0.29) is 23.9 Å². The molecule has 4 unspecified atom stereocenters. The van der Waals surface area contributed by atoms with Crippen LogP contribution in [0, 0.1) is 23.2 Å². The van der Waals surface area contributed by atoms with Crippen molar-refractivity contribution in [3.05, 3.63) is 48.3 Å². The maximum absolute atomic E-state index is 11.7. The van der Waals surface area contributed by atoms with Gasteiger partial charge in [0.2, 0.25) is 5.91 Å². The highest BCUT2D eigenvalue weighted by Gasteiger charge is 2.36. The maximum Gasteiger partial charge on any atom is 0.220 e. The molecule has 0 spiro atoms. The van der Waals surface area contributed by atoms with E-state index in [1.54, 1.807) is 6.20 Å². The monoisotopic (exact) mass is 336 g/mol. The summed E-state index contributed by atoms with van der Waals surface area (Å²) in [6, 6.07) is 2.25. The number of imidazole rings is 1. The van der Waals surface area contributed by atoms with Crippen LogP contribution in [0.2, 0.25) is 0 Å². The van der Waals surface area contributed by atoms with Crippen LogP contribution in [-0.4, -0.2) is 28.1 Å². The number of fused-ring (bicyclic) bond motifs is 3. The van der Waals surface area contributed by atoms with E-state index in [2.05, 4.69) is 29.4 Å². The van der Waals surface area contributed by atoms with Crippen molar-refractivity contribution in [2.24, 2.45) is 11.8 Å². The second-order valence-electron chi connectivity index (χ2n) is 6.68. The molecule has 25 heavy (non-hydrogen) atoms. The molecule has 3 heterocycles. The molecule has 1 amide bonds. The Labute approximate surface area is 146 Å². The van der Waals surface area contributed by atoms with E-state index in [0.29, 0.717) is 30.3 Å². The number of aromatic nitrogens is 2. The average Bonchev–Trinajstić information content (AvgIpc) is 3.25. The molecule has 1 aromatic rings. The number of rotatable bonds is 4. The summed E-state index contributed by atoms with van der Waals surface area (Å²) in [6.07, 6.45) is 13.1. The molecule has 1 aromatic heterocycles. The largest absolute Gasteiger partial charge is 0.494 e. The fourth-order valence-electron chi connectivity index (χ4n) is 3.93. The van der Waals surface area contributed by atoms with Gasteiger partial charge in [-0.05, 0) is 12.0 Å². The molecular formula is C19H20N4O2. The number of nitrogens with one attached hydrogen (secondary N) is 1. The van der Waals surface area contributed by atoms with E-state index in [0.717, 1.165) is 12.2 Å². The molecule has 1 N–H and O–H groups in total. The number of hydrogen-bond donors (Lipinski definition) is 1. The number of nitriles is 1. The third-order valence-electron chi connectivity index (χ3n) is 5.26. The van der Waals surface area contributed by atoms with Gasteiger partial charge in [0, 0.05) is 24.7 Å². The van der Waals surface area contributed by atoms with Crippen LogP contribution >= 0.6 is 0 Å². The van der Waals surface area contributed by atoms with Gasteiger partial charge >= 0.3 is 0 Å². The average molecular weight is 336 g/mol. The third-order valence-corrected chi connectivity index (χ3v) is 5.26. The molecule has 3 aliphatic rings. The van der Waals surface area contributed by atoms with Gasteiger partial charge in [-0.15, -0.1) is 0 Å². The molecule has 0 bridgehead atoms. The SMILES string of the molecule is CCC1CC(=O)NC1COC1=CC=CC2C=C(C#N)c3nccn3C12. The van der Waals surface area contributed by atoms with Gasteiger partial charge in [-0.2, -0.15) is 5.26 Å². The van der Waals surface area contributed by atoms with Gasteiger partial charge in [-0.1, -0.05) is 31.6 Å². The van der Waals surface area contributed by atoms with E-state index >= 15 is 0 Å². The van der Waals surface area contributed by atoms with Crippen molar-refractivity contribution >= 4 is 11.5 Å². The van der Waals surface area contributed by atoms with Crippen LogP contribution in [0.15, 0.2) is 42.5 Å². The molecule has 4 rings (SSSR count). The van der Waals surface area contributed by atoms with Gasteiger partial charge in [-0.25, -0.2) is 4.98 Å². The highest BCUT2D eigenvalue weighted by Crippen LogP contribution is 2.39. The highest BCUT2D eigenvalue weighted by molar-refractivity contribution is 5.79. The number of ether oxygens (including phenoxy) is 1. The van der Waals surface area contributed by atoms with Crippen molar-refractivity contribution in [2.75, 3.05) is 6.61 Å². The highest BCUT2D eigenvalue weighted by atomic mass is 16.5. The molecule has 0 aromatic carbocycles. The van der Waals surface area contributed by atoms with Crippen LogP contribution in [0.3, 0.4) is 0 Å². The van der Waals surface area contributed by atoms with Gasteiger partial charge in [-0.3, -0.25) is 4.79 Å². The lowest BCUT2D eigenvalue weighted by atomic mass is 9.88. The van der Waals surface area contributed by atoms with E-state index in [4.69, 9.17) is 4.74 Å². The van der Waals surface area contributed by atoms with E-state index < -0.39 is 0 Å². The number of nitrogens with zero attached hydrogens (tertiary/aromatic N) is 3. The third kappa shape index (κ3) is 2.66. The predicted octanol–water partition coefficient (Wildman–Crippen LogP) is 2.35. The molecule has 1 fully saturated rings. The summed E-state index contributed by atoms with van der Waals surface area (Å²) in [7, 11) is 0. The summed E-state index contributed by atoms with van der Waals surface area (Å²) in [5.74, 6) is 2.01. The number of carbonyl (C=O) groups excluding carboxylic acids is 1. The fraction of sp³-hybridized carbons (Fsp3) is 0.421. The lowest BCUT2D eigenvalue weighted by Gasteiger charge is -2.33. The first-order valence-electron chi connectivity index (χ1n) is 8.67. The molecule has 0 saturated carbocycles. The zero-order valence-corrected chi connectivity index (χ0v) is 14.1. The van der Waals surface area contributed by atoms with Crippen molar-refractivity contribution in [3.63, 3.8) is 0 Å². The van der Waals surface area contributed by atoms with Gasteiger partial charge < -0.3 is 14.6 Å². The Hall–Kier alpha value is -2.81. The first kappa shape index (κ1) is 15.7. The van der Waals surface area contributed by atoms with E-state index in [1.807, 2.05) is 29.0 Å². The van der Waals surface area contributed by atoms with E-state index in [9.17, 15) is 10.1 Å². The zero-order chi connectivity index (χ0) is 17.4. The molecule has 1 aliphatic carbocycles. The summed E-state index contributed by atoms with van der Waals surface area (Å²) >= 11 is 0. The maximum atomic E-state index is 11.7. The summed E-state index contributed by atoms with van der Waals surface area (Å²) in [5, 5.41) is 12.4. The topological polar surface area (TPSA) is 79.9 Å². The number of hydrogen-bond acceptors (Lipinski definition) is 4. The molecule has 2 aliphatic heterocycles. The van der Waals surface area contributed by atoms with Crippen molar-refractivity contribution < 1.29 is 9.53 Å². The Morgan fingerprint density at radius 1 is 1.52 bits per heavy atom. The van der Waals surface area contributed by atoms with Crippen LogP contribution < -0.4 is 5.32 Å². The quantitative estimate of drug-likeness (QED) is 0.915. The lowest BCUT2D eigenvalue weighted by Crippen LogP contribution is -2.35. The molecule has 128 valence electrons. The Morgan fingerprint density at radius 3 is 3.20 bits per heavy atom. The molecule has 6 heteroatoms. The summed E-state index contributed by atoms with van der Waals surface area (Å²) in [5.41, 5.74) is 0.589. The lowest BCUT2D eigenvalue weighted by molar-refractivity contribution is -0.119. The Kier molecular flexibility index (Phi) is 3.92. The standard InChI is InChI=1S/C19H20N4O2/c1-2-12-9-17(24)22-15(12)11-25-16-5-3-4-13-8-14(10-20)19-21-6-7-23(19)18(13)16/h3-8,12-13,15,18H,2,9,11H2,1H3,(H,22,24). The molecule has 4 atom stereocenters. The Balaban J connectivity index is 1.55. The van der Waals surface area contributed by atoms with Crippen molar-refractivity contribution in [2.45, 2.75) is 31.8 Å². The summed E-state index contributed by atoms with van der Waals surface area (Å²) in [4.78, 5) is 16.0. The van der Waals surface area contributed by atoms with Gasteiger partial charge in [0.15, 0.2) is 5.82 Å². The number of carbonyl (C=O) groups is 1. The molecule has 6 nitrogen and oxygen atoms in total. The van der Waals surface area contributed by atoms with Crippen molar-refractivity contribution in [1.29, 1.82) is 5.26 Å². The van der Waals surface area contributed by atoms with Crippen LogP contribution in [0.25, 0.3) is 5.57 Å². The van der Waals surface area contributed by atoms with Gasteiger partial charge in [0.1, 0.15) is 24.5 Å². The van der Waals surface area contributed by atoms with Crippen molar-refractivity contribution in [1.82, 2.24) is 14.9 Å². The molecule has 0 radical (unpaired) electrons. The second-order valence-corrected chi connectivity index (χ2v) is 6.68. The zero-order valence-electron chi connectivity index (χ0n) is 14.1. The minimum atomic E-state index is -0.0308. The molecule has 1 saturated heterocycles. The van der Waals surface area contributed by atoms with Crippen LogP contribution in [-0.2, 0) is 9.53 Å². The van der Waals surface area contributed by atoms with Crippen molar-refractivity contribution in [3.8, 4) is 6.07 Å². The smallest absolute Gasteiger partial charge is 0.220 e. The first-order valence-corrected chi connectivity index (χ1v) is 8.67. The van der Waals surface area contributed by atoms with Crippen LogP contribution in [0.5, 0.6) is 0 Å².